The van der Waals surface area contributed by atoms with Crippen molar-refractivity contribution in [3.05, 3.63) is 46.7 Å². The van der Waals surface area contributed by atoms with E-state index in [4.69, 9.17) is 4.74 Å². The first kappa shape index (κ1) is 15.6. The molecule has 22 heavy (non-hydrogen) atoms. The Morgan fingerprint density at radius 1 is 1.27 bits per heavy atom. The van der Waals surface area contributed by atoms with E-state index in [9.17, 15) is 8.42 Å². The molecule has 1 aliphatic heterocycles. The summed E-state index contributed by atoms with van der Waals surface area (Å²) in [5.74, 6) is 0.611. The number of nitrogens with zero attached hydrogens (tertiary/aromatic N) is 2. The lowest BCUT2D eigenvalue weighted by atomic mass is 10.2. The largest absolute Gasteiger partial charge is 0.496 e. The van der Waals surface area contributed by atoms with Gasteiger partial charge in [0, 0.05) is 25.0 Å². The normalized spacial score (nSPS) is 19.0. The minimum Gasteiger partial charge on any atom is -0.496 e. The number of benzene rings is 1. The standard InChI is InChI=1S/C15H17BrN2O3S/c1-11-14-4-3-7-17(14)8-9-18(11)22(19,20)12-5-6-15(21-2)13(16)10-12/h3-7,10-11H,8-9H2,1-2H3/t11-/m0/s1. The molecule has 0 amide bonds. The van der Waals surface area contributed by atoms with Crippen molar-refractivity contribution in [3.63, 3.8) is 0 Å². The van der Waals surface area contributed by atoms with Crippen molar-refractivity contribution in [2.24, 2.45) is 0 Å². The van der Waals surface area contributed by atoms with E-state index in [0.717, 1.165) is 5.69 Å². The molecule has 7 heteroatoms. The van der Waals surface area contributed by atoms with Crippen LogP contribution in [-0.4, -0.2) is 30.9 Å². The molecule has 1 aliphatic rings. The van der Waals surface area contributed by atoms with Crippen molar-refractivity contribution in [1.29, 1.82) is 0 Å². The summed E-state index contributed by atoms with van der Waals surface area (Å²) in [7, 11) is -1.99. The van der Waals surface area contributed by atoms with Gasteiger partial charge in [-0.3, -0.25) is 0 Å². The average Bonchev–Trinajstić information content (AvgIpc) is 2.96. The fraction of sp³-hybridized carbons (Fsp3) is 0.333. The number of halogens is 1. The fourth-order valence-corrected chi connectivity index (χ4v) is 5.15. The number of fused-ring (bicyclic) bond motifs is 1. The zero-order valence-electron chi connectivity index (χ0n) is 12.4. The molecule has 0 fully saturated rings. The first-order chi connectivity index (χ1) is 10.4. The Morgan fingerprint density at radius 2 is 2.05 bits per heavy atom. The summed E-state index contributed by atoms with van der Waals surface area (Å²) >= 11 is 3.35. The molecule has 0 aliphatic carbocycles. The van der Waals surface area contributed by atoms with Gasteiger partial charge in [-0.25, -0.2) is 8.42 Å². The number of methoxy groups -OCH3 is 1. The maximum atomic E-state index is 12.9. The van der Waals surface area contributed by atoms with Crippen LogP contribution < -0.4 is 4.74 Å². The second kappa shape index (κ2) is 5.72. The van der Waals surface area contributed by atoms with Crippen LogP contribution in [0.25, 0.3) is 0 Å². The summed E-state index contributed by atoms with van der Waals surface area (Å²) in [5, 5.41) is 0. The van der Waals surface area contributed by atoms with Gasteiger partial charge in [0.1, 0.15) is 5.75 Å². The third kappa shape index (κ3) is 2.47. The van der Waals surface area contributed by atoms with Crippen molar-refractivity contribution < 1.29 is 13.2 Å². The molecule has 0 unspecified atom stereocenters. The van der Waals surface area contributed by atoms with Crippen molar-refractivity contribution in [3.8, 4) is 5.75 Å². The zero-order valence-corrected chi connectivity index (χ0v) is 14.8. The van der Waals surface area contributed by atoms with Crippen LogP contribution in [0.3, 0.4) is 0 Å². The summed E-state index contributed by atoms with van der Waals surface area (Å²) in [6.07, 6.45) is 1.99. The molecule has 2 heterocycles. The number of hydrogen-bond donors (Lipinski definition) is 0. The molecule has 1 aromatic carbocycles. The van der Waals surface area contributed by atoms with Crippen LogP contribution in [0.4, 0.5) is 0 Å². The quantitative estimate of drug-likeness (QED) is 0.816. The van der Waals surface area contributed by atoms with Crippen LogP contribution in [0.2, 0.25) is 0 Å². The third-order valence-electron chi connectivity index (χ3n) is 4.02. The molecule has 1 aromatic heterocycles. The molecule has 3 rings (SSSR count). The van der Waals surface area contributed by atoms with Gasteiger partial charge in [-0.1, -0.05) is 0 Å². The van der Waals surface area contributed by atoms with Crippen molar-refractivity contribution >= 4 is 26.0 Å². The van der Waals surface area contributed by atoms with E-state index < -0.39 is 10.0 Å². The Kier molecular flexibility index (Phi) is 4.05. The number of aromatic nitrogens is 1. The van der Waals surface area contributed by atoms with Gasteiger partial charge in [0.25, 0.3) is 0 Å². The van der Waals surface area contributed by atoms with E-state index >= 15 is 0 Å². The van der Waals surface area contributed by atoms with E-state index in [-0.39, 0.29) is 10.9 Å². The smallest absolute Gasteiger partial charge is 0.243 e. The number of sulfonamides is 1. The molecule has 0 bridgehead atoms. The number of ether oxygens (including phenoxy) is 1. The Labute approximate surface area is 138 Å². The topological polar surface area (TPSA) is 51.5 Å². The molecule has 0 saturated carbocycles. The molecular weight excluding hydrogens is 368 g/mol. The molecule has 0 N–H and O–H groups in total. The molecular formula is C15H17BrN2O3S. The highest BCUT2D eigenvalue weighted by Crippen LogP contribution is 2.33. The van der Waals surface area contributed by atoms with E-state index in [2.05, 4.69) is 20.5 Å². The van der Waals surface area contributed by atoms with E-state index in [1.165, 1.54) is 0 Å². The van der Waals surface area contributed by atoms with Crippen molar-refractivity contribution in [2.75, 3.05) is 13.7 Å². The SMILES string of the molecule is COc1ccc(S(=O)(=O)N2CCn3cccc3[C@@H]2C)cc1Br. The highest BCUT2D eigenvalue weighted by atomic mass is 79.9. The van der Waals surface area contributed by atoms with Gasteiger partial charge in [-0.15, -0.1) is 0 Å². The fourth-order valence-electron chi connectivity index (χ4n) is 2.83. The third-order valence-corrected chi connectivity index (χ3v) is 6.60. The summed E-state index contributed by atoms with van der Waals surface area (Å²) in [6, 6.07) is 8.57. The second-order valence-electron chi connectivity index (χ2n) is 5.21. The van der Waals surface area contributed by atoms with E-state index in [1.807, 2.05) is 25.3 Å². The van der Waals surface area contributed by atoms with E-state index in [1.54, 1.807) is 29.6 Å². The van der Waals surface area contributed by atoms with Crippen LogP contribution in [0, 0.1) is 0 Å². The Bertz CT molecular complexity index is 801. The predicted octanol–water partition coefficient (Wildman–Crippen LogP) is 3.02. The molecule has 0 spiro atoms. The molecule has 2 aromatic rings. The molecule has 5 nitrogen and oxygen atoms in total. The number of rotatable bonds is 3. The average molecular weight is 385 g/mol. The second-order valence-corrected chi connectivity index (χ2v) is 7.96. The summed E-state index contributed by atoms with van der Waals surface area (Å²) in [5.41, 5.74) is 1.02. The first-order valence-electron chi connectivity index (χ1n) is 6.95. The van der Waals surface area contributed by atoms with Crippen molar-refractivity contribution in [2.45, 2.75) is 24.4 Å². The van der Waals surface area contributed by atoms with Gasteiger partial charge < -0.3 is 9.30 Å². The van der Waals surface area contributed by atoms with Crippen LogP contribution in [0.5, 0.6) is 5.75 Å². The summed E-state index contributed by atoms with van der Waals surface area (Å²) < 4.78 is 35.3. The van der Waals surface area contributed by atoms with Crippen molar-refractivity contribution in [1.82, 2.24) is 8.87 Å². The van der Waals surface area contributed by atoms with Crippen LogP contribution >= 0.6 is 15.9 Å². The lowest BCUT2D eigenvalue weighted by molar-refractivity contribution is 0.282. The Balaban J connectivity index is 1.99. The number of hydrogen-bond acceptors (Lipinski definition) is 3. The maximum absolute atomic E-state index is 12.9. The zero-order chi connectivity index (χ0) is 15.9. The van der Waals surface area contributed by atoms with Gasteiger partial charge in [-0.2, -0.15) is 4.31 Å². The lowest BCUT2D eigenvalue weighted by Gasteiger charge is -2.33. The van der Waals surface area contributed by atoms with Crippen LogP contribution in [0.1, 0.15) is 18.7 Å². The monoisotopic (exact) mass is 384 g/mol. The molecule has 118 valence electrons. The van der Waals surface area contributed by atoms with Gasteiger partial charge in [-0.05, 0) is 53.2 Å². The lowest BCUT2D eigenvalue weighted by Crippen LogP contribution is -2.40. The van der Waals surface area contributed by atoms with Crippen LogP contribution in [-0.2, 0) is 16.6 Å². The minimum atomic E-state index is -3.54. The van der Waals surface area contributed by atoms with Gasteiger partial charge in [0.05, 0.1) is 22.5 Å². The Morgan fingerprint density at radius 3 is 2.73 bits per heavy atom. The summed E-state index contributed by atoms with van der Waals surface area (Å²) in [4.78, 5) is 0.270. The van der Waals surface area contributed by atoms with Gasteiger partial charge in [0.2, 0.25) is 10.0 Å². The maximum Gasteiger partial charge on any atom is 0.243 e. The van der Waals surface area contributed by atoms with E-state index in [0.29, 0.717) is 23.3 Å². The summed E-state index contributed by atoms with van der Waals surface area (Å²) in [6.45, 7) is 3.05. The highest BCUT2D eigenvalue weighted by Gasteiger charge is 2.34. The highest BCUT2D eigenvalue weighted by molar-refractivity contribution is 9.10. The predicted molar refractivity (Wildman–Crippen MR) is 87.4 cm³/mol. The molecule has 1 atom stereocenters. The molecule has 0 radical (unpaired) electrons. The molecule has 0 saturated heterocycles. The van der Waals surface area contributed by atoms with Crippen LogP contribution in [0.15, 0.2) is 45.9 Å². The Hall–Kier alpha value is -1.31. The van der Waals surface area contributed by atoms with Gasteiger partial charge >= 0.3 is 0 Å². The first-order valence-corrected chi connectivity index (χ1v) is 9.19. The minimum absolute atomic E-state index is 0.186. The van der Waals surface area contributed by atoms with Gasteiger partial charge in [0.15, 0.2) is 0 Å².